The van der Waals surface area contributed by atoms with Crippen molar-refractivity contribution in [2.45, 2.75) is 111 Å². The Kier molecular flexibility index (Phi) is 29.7. The van der Waals surface area contributed by atoms with Crippen LogP contribution in [0.15, 0.2) is 184 Å². The van der Waals surface area contributed by atoms with Crippen molar-refractivity contribution < 1.29 is 72.3 Å². The van der Waals surface area contributed by atoms with Gasteiger partial charge in [-0.1, -0.05) is 67.6 Å². The molecular formula is C100H110N22O15. The normalized spacial score (nSPS) is 16.8. The van der Waals surface area contributed by atoms with Crippen LogP contribution >= 0.6 is 0 Å². The van der Waals surface area contributed by atoms with E-state index in [0.29, 0.717) is 157 Å². The number of aliphatic hydroxyl groups is 2. The Labute approximate surface area is 791 Å². The Bertz CT molecular complexity index is 5830. The van der Waals surface area contributed by atoms with Crippen molar-refractivity contribution in [3.8, 4) is 23.0 Å². The number of fused-ring (bicyclic) bond motifs is 4. The molecule has 14 heterocycles. The zero-order valence-corrected chi connectivity index (χ0v) is 77.5. The number of aromatic nitrogens is 14. The number of amides is 4. The molecule has 710 valence electrons. The van der Waals surface area contributed by atoms with Gasteiger partial charge in [-0.2, -0.15) is 20.4 Å². The quantitative estimate of drug-likeness (QED) is 0.0422. The summed E-state index contributed by atoms with van der Waals surface area (Å²) in [6.45, 7) is 25.4. The molecule has 6 aromatic heterocycles. The van der Waals surface area contributed by atoms with Crippen LogP contribution in [0.2, 0.25) is 0 Å². The first-order valence-corrected chi connectivity index (χ1v) is 46.1. The standard InChI is InChI=1S/C26H29N5O4.C25H28N6O3.C25H27N5O4.C24H26N6O4/c1-18-21(7-8-22-23(18)15-35-26(22)33)24(34-2)14-29-9-11-30(12-10-29)25(32)13-19-3-5-20(6-4-19)31-17-27-16-28-31;1-17(20-4-5-21-22(18(20)2)14-34-25(21)33)13-29-7-9-30(10-8-29)24(32)11-19-3-6-23(27-12-19)31-16-26-15-28-31;1-17-20(6-7-21-22(17)14-34-25(21)33)23(31)13-28-8-10-29(11-9-28)24(32)12-18-2-4-19(5-3-18)30-16-26-15-27-30;1-16-18(3-4-19-20(16)13-34-24(19)33)21(31)12-28-6-8-29(9-7-28)23(32)10-17-2-5-22(26-11-17)30-15-25-14-27-30/h3-8,16-17,24H,9-15H2,1-2H3;3-6,12,15-17H,7-11,13-14H2,1-2H3;2-7,15-16,23,31H,8-14H2,1H3;2-5,11,14-15,21,31H,6-10,12-13H2,1H3. The zero-order valence-electron chi connectivity index (χ0n) is 77.5. The maximum atomic E-state index is 12.9. The maximum absolute atomic E-state index is 12.9. The molecule has 0 aliphatic carbocycles. The number of methoxy groups -OCH3 is 1. The fourth-order valence-electron chi connectivity index (χ4n) is 18.8. The average Bonchev–Trinajstić information content (AvgIpc) is 1.68. The number of β-amino-alcohol motifs (C(OH)–C–C–N with tert-alkyl or cyclic N) is 2. The van der Waals surface area contributed by atoms with Crippen molar-refractivity contribution in [3.05, 3.63) is 296 Å². The highest BCUT2D eigenvalue weighted by molar-refractivity contribution is 5.96. The minimum Gasteiger partial charge on any atom is -0.457 e. The van der Waals surface area contributed by atoms with Gasteiger partial charge in [-0.05, 0) is 161 Å². The number of benzene rings is 6. The van der Waals surface area contributed by atoms with E-state index in [-0.39, 0.29) is 66.8 Å². The van der Waals surface area contributed by atoms with E-state index in [0.717, 1.165) is 147 Å². The van der Waals surface area contributed by atoms with Gasteiger partial charge in [0.15, 0.2) is 11.6 Å². The van der Waals surface area contributed by atoms with E-state index < -0.39 is 12.2 Å². The van der Waals surface area contributed by atoms with Gasteiger partial charge in [-0.3, -0.25) is 38.8 Å². The third-order valence-corrected chi connectivity index (χ3v) is 27.0. The number of esters is 4. The highest BCUT2D eigenvalue weighted by Crippen LogP contribution is 2.36. The molecule has 0 radical (unpaired) electrons. The van der Waals surface area contributed by atoms with Gasteiger partial charge >= 0.3 is 23.9 Å². The molecule has 4 atom stereocenters. The smallest absolute Gasteiger partial charge is 0.338 e. The predicted molar refractivity (Wildman–Crippen MR) is 497 cm³/mol. The molecule has 12 aromatic rings. The van der Waals surface area contributed by atoms with E-state index >= 15 is 0 Å². The van der Waals surface area contributed by atoms with E-state index in [4.69, 9.17) is 23.7 Å². The highest BCUT2D eigenvalue weighted by Gasteiger charge is 2.35. The molecule has 0 spiro atoms. The Hall–Kier alpha value is -14.3. The van der Waals surface area contributed by atoms with Crippen LogP contribution in [0.25, 0.3) is 23.0 Å². The summed E-state index contributed by atoms with van der Waals surface area (Å²) in [6.07, 6.45) is 15.7. The summed E-state index contributed by atoms with van der Waals surface area (Å²) in [6, 6.07) is 37.9. The molecule has 4 unspecified atom stereocenters. The number of rotatable bonds is 25. The fourth-order valence-corrected chi connectivity index (χ4v) is 18.8. The fraction of sp³-hybridized carbons (Fsp3) is 0.380. The summed E-state index contributed by atoms with van der Waals surface area (Å²) in [4.78, 5) is 140. The molecule has 2 N–H and O–H groups in total. The largest absolute Gasteiger partial charge is 0.457 e. The van der Waals surface area contributed by atoms with Crippen molar-refractivity contribution in [2.75, 3.05) is 138 Å². The Balaban J connectivity index is 0.000000127. The van der Waals surface area contributed by atoms with Crippen LogP contribution in [0.4, 0.5) is 0 Å². The Morgan fingerprint density at radius 3 is 0.942 bits per heavy atom. The van der Waals surface area contributed by atoms with Crippen LogP contribution in [0.5, 0.6) is 0 Å². The van der Waals surface area contributed by atoms with Gasteiger partial charge in [0.2, 0.25) is 23.6 Å². The summed E-state index contributed by atoms with van der Waals surface area (Å²) in [5.74, 6) is 1.01. The number of carbonyl (C=O) groups is 8. The lowest BCUT2D eigenvalue weighted by atomic mass is 9.90. The van der Waals surface area contributed by atoms with E-state index in [9.17, 15) is 48.6 Å². The van der Waals surface area contributed by atoms with E-state index in [1.807, 2.05) is 143 Å². The first-order chi connectivity index (χ1) is 66.5. The third kappa shape index (κ3) is 22.3. The van der Waals surface area contributed by atoms with E-state index in [2.05, 4.69) is 89.8 Å². The van der Waals surface area contributed by atoms with E-state index in [1.165, 1.54) is 30.9 Å². The summed E-state index contributed by atoms with van der Waals surface area (Å²) in [5.41, 5.74) is 19.8. The van der Waals surface area contributed by atoms with Gasteiger partial charge in [0.1, 0.15) is 77.0 Å². The molecule has 137 heavy (non-hydrogen) atoms. The van der Waals surface area contributed by atoms with E-state index in [1.54, 1.807) is 75.7 Å². The van der Waals surface area contributed by atoms with Crippen LogP contribution in [-0.2, 0) is 95.0 Å². The number of hydrogen-bond acceptors (Lipinski definition) is 29. The van der Waals surface area contributed by atoms with Crippen molar-refractivity contribution in [1.82, 2.24) is 108 Å². The number of hydrogen-bond donors (Lipinski definition) is 2. The molecule has 37 heteroatoms. The second-order valence-electron chi connectivity index (χ2n) is 35.4. The van der Waals surface area contributed by atoms with Gasteiger partial charge in [0.05, 0.1) is 77.6 Å². The predicted octanol–water partition coefficient (Wildman–Crippen LogP) is 7.18. The molecule has 0 saturated carbocycles. The molecule has 8 aliphatic rings. The zero-order chi connectivity index (χ0) is 95.3. The second-order valence-corrected chi connectivity index (χ2v) is 35.4. The second kappa shape index (κ2) is 43.1. The molecule has 4 amide bonds. The molecule has 6 aromatic carbocycles. The number of ether oxygens (including phenoxy) is 5. The van der Waals surface area contributed by atoms with Crippen molar-refractivity contribution in [1.29, 1.82) is 0 Å². The minimum atomic E-state index is -0.669. The molecule has 4 saturated heterocycles. The van der Waals surface area contributed by atoms with Crippen LogP contribution in [0.1, 0.15) is 162 Å². The summed E-state index contributed by atoms with van der Waals surface area (Å²) < 4.78 is 33.0. The van der Waals surface area contributed by atoms with Gasteiger partial charge in [0.25, 0.3) is 0 Å². The summed E-state index contributed by atoms with van der Waals surface area (Å²) in [7, 11) is 1.72. The number of aliphatic hydroxyl groups excluding tert-OH is 2. The number of piperazine rings is 4. The highest BCUT2D eigenvalue weighted by atomic mass is 16.6. The van der Waals surface area contributed by atoms with Crippen LogP contribution in [0.3, 0.4) is 0 Å². The first-order valence-electron chi connectivity index (χ1n) is 46.1. The molecule has 37 nitrogen and oxygen atoms in total. The summed E-state index contributed by atoms with van der Waals surface area (Å²) >= 11 is 0. The number of cyclic esters (lactones) is 4. The minimum absolute atomic E-state index is 0.0645. The Morgan fingerprint density at radius 2 is 0.628 bits per heavy atom. The SMILES string of the molecule is COC(CN1CCN(C(=O)Cc2ccc(-n3cncn3)cc2)CC1)c1ccc2c(c1C)COC2=O.Cc1c(C(C)CN2CCN(C(=O)Cc3ccc(-n4cncn4)nc3)CC2)ccc2c1COC2=O.Cc1c(C(O)CN2CCN(C(=O)Cc3ccc(-n4cncn4)cc3)CC2)ccc2c1COC2=O.Cc1c(C(O)CN2CCN(C(=O)Cc3ccc(-n4cncn4)nc3)CC2)ccc2c1COC2=O. The van der Waals surface area contributed by atoms with Crippen molar-refractivity contribution in [3.63, 3.8) is 0 Å². The van der Waals surface area contributed by atoms with Crippen molar-refractivity contribution in [2.24, 2.45) is 0 Å². The number of carbonyl (C=O) groups excluding carboxylic acids is 8. The molecular weight excluding hydrogens is 1750 g/mol. The van der Waals surface area contributed by atoms with Gasteiger partial charge in [0, 0.05) is 173 Å². The molecule has 20 rings (SSSR count). The van der Waals surface area contributed by atoms with Crippen molar-refractivity contribution >= 4 is 47.5 Å². The first kappa shape index (κ1) is 94.4. The van der Waals surface area contributed by atoms with Crippen LogP contribution in [0, 0.1) is 27.7 Å². The molecule has 4 fully saturated rings. The monoisotopic (exact) mass is 1860 g/mol. The van der Waals surface area contributed by atoms with Gasteiger partial charge < -0.3 is 53.5 Å². The van der Waals surface area contributed by atoms with Crippen LogP contribution < -0.4 is 0 Å². The number of nitrogens with zero attached hydrogens (tertiary/aromatic N) is 22. The van der Waals surface area contributed by atoms with Gasteiger partial charge in [-0.15, -0.1) is 0 Å². The Morgan fingerprint density at radius 1 is 0.343 bits per heavy atom. The lowest BCUT2D eigenvalue weighted by molar-refractivity contribution is -0.133. The lowest BCUT2D eigenvalue weighted by Crippen LogP contribution is -2.50. The maximum Gasteiger partial charge on any atom is 0.338 e. The van der Waals surface area contributed by atoms with Crippen LogP contribution in [-0.4, -0.2) is 304 Å². The average molecular weight is 1860 g/mol. The number of pyridine rings is 2. The third-order valence-electron chi connectivity index (χ3n) is 27.0. The van der Waals surface area contributed by atoms with Gasteiger partial charge in [-0.25, -0.2) is 67.8 Å². The summed E-state index contributed by atoms with van der Waals surface area (Å²) in [5, 5.41) is 38.0. The molecule has 8 aliphatic heterocycles. The topological polar surface area (TPSA) is 398 Å². The lowest BCUT2D eigenvalue weighted by Gasteiger charge is -2.36. The molecule has 0 bridgehead atoms.